The molecule has 0 fully saturated rings. The number of unbranched alkanes of at least 4 members (excludes halogenated alkanes) is 5. The molecule has 0 amide bonds. The Hall–Kier alpha value is -1.35. The molecule has 3 nitrogen and oxygen atoms in total. The molecule has 0 saturated heterocycles. The predicted octanol–water partition coefficient (Wildman–Crippen LogP) is 4.22. The Bertz CT molecular complexity index is 417. The second-order valence-electron chi connectivity index (χ2n) is 5.78. The molecule has 0 atom stereocenters. The van der Waals surface area contributed by atoms with Crippen molar-refractivity contribution < 1.29 is 9.90 Å². The number of aromatic carboxylic acids is 1. The van der Waals surface area contributed by atoms with Crippen LogP contribution in [-0.4, -0.2) is 36.1 Å². The van der Waals surface area contributed by atoms with Crippen molar-refractivity contribution in [1.82, 2.24) is 4.90 Å². The van der Waals surface area contributed by atoms with Gasteiger partial charge in [-0.05, 0) is 38.1 Å². The minimum absolute atomic E-state index is 0.436. The molecule has 0 aromatic heterocycles. The Morgan fingerprint density at radius 1 is 1.05 bits per heavy atom. The molecule has 118 valence electrons. The van der Waals surface area contributed by atoms with Crippen molar-refractivity contribution in [2.75, 3.05) is 20.1 Å². The third kappa shape index (κ3) is 7.28. The molecular weight excluding hydrogens is 262 g/mol. The van der Waals surface area contributed by atoms with E-state index in [-0.39, 0.29) is 0 Å². The third-order valence-electron chi connectivity index (χ3n) is 3.90. The van der Waals surface area contributed by atoms with Crippen LogP contribution in [0.4, 0.5) is 0 Å². The Morgan fingerprint density at radius 3 is 2.43 bits per heavy atom. The minimum Gasteiger partial charge on any atom is -0.478 e. The Kier molecular flexibility index (Phi) is 8.76. The fourth-order valence-electron chi connectivity index (χ4n) is 2.53. The number of benzene rings is 1. The molecular formula is C18H29NO2. The summed E-state index contributed by atoms with van der Waals surface area (Å²) >= 11 is 0. The van der Waals surface area contributed by atoms with Crippen LogP contribution in [0.15, 0.2) is 24.3 Å². The smallest absolute Gasteiger partial charge is 0.335 e. The zero-order valence-corrected chi connectivity index (χ0v) is 13.5. The average molecular weight is 291 g/mol. The van der Waals surface area contributed by atoms with Crippen molar-refractivity contribution in [3.05, 3.63) is 35.4 Å². The van der Waals surface area contributed by atoms with Gasteiger partial charge >= 0.3 is 5.97 Å². The molecule has 0 spiro atoms. The first-order chi connectivity index (χ1) is 10.1. The van der Waals surface area contributed by atoms with Crippen molar-refractivity contribution in [3.8, 4) is 0 Å². The molecule has 21 heavy (non-hydrogen) atoms. The van der Waals surface area contributed by atoms with Gasteiger partial charge in [-0.3, -0.25) is 0 Å². The average Bonchev–Trinajstić information content (AvgIpc) is 2.49. The molecule has 1 aromatic carbocycles. The highest BCUT2D eigenvalue weighted by molar-refractivity contribution is 5.89. The van der Waals surface area contributed by atoms with Crippen molar-refractivity contribution >= 4 is 5.97 Å². The van der Waals surface area contributed by atoms with Gasteiger partial charge in [0.1, 0.15) is 0 Å². The van der Waals surface area contributed by atoms with Gasteiger partial charge in [0.2, 0.25) is 0 Å². The number of nitrogens with zero attached hydrogens (tertiary/aromatic N) is 1. The molecule has 0 aliphatic rings. The van der Waals surface area contributed by atoms with E-state index in [0.717, 1.165) is 25.1 Å². The van der Waals surface area contributed by atoms with Crippen LogP contribution < -0.4 is 0 Å². The van der Waals surface area contributed by atoms with Crippen LogP contribution >= 0.6 is 0 Å². The highest BCUT2D eigenvalue weighted by atomic mass is 16.4. The SMILES string of the molecule is CCCCCCCCN(C)CCc1ccccc1C(=O)O. The molecule has 0 aliphatic heterocycles. The van der Waals surface area contributed by atoms with Crippen LogP contribution in [0.5, 0.6) is 0 Å². The van der Waals surface area contributed by atoms with Crippen LogP contribution in [0.2, 0.25) is 0 Å². The fourth-order valence-corrected chi connectivity index (χ4v) is 2.53. The lowest BCUT2D eigenvalue weighted by molar-refractivity contribution is 0.0695. The number of carboxylic acid groups (broad SMARTS) is 1. The summed E-state index contributed by atoms with van der Waals surface area (Å²) in [6.45, 7) is 4.25. The van der Waals surface area contributed by atoms with Crippen LogP contribution in [0.25, 0.3) is 0 Å². The zero-order chi connectivity index (χ0) is 15.5. The number of hydrogen-bond donors (Lipinski definition) is 1. The standard InChI is InChI=1S/C18H29NO2/c1-3-4-5-6-7-10-14-19(2)15-13-16-11-8-9-12-17(16)18(20)21/h8-9,11-12H,3-7,10,13-15H2,1-2H3,(H,20,21). The van der Waals surface area contributed by atoms with E-state index in [2.05, 4.69) is 18.9 Å². The molecule has 1 rings (SSSR count). The molecule has 1 aromatic rings. The first-order valence-electron chi connectivity index (χ1n) is 8.15. The zero-order valence-electron chi connectivity index (χ0n) is 13.5. The molecule has 3 heteroatoms. The molecule has 0 aliphatic carbocycles. The normalized spacial score (nSPS) is 11.0. The predicted molar refractivity (Wildman–Crippen MR) is 88.0 cm³/mol. The number of rotatable bonds is 11. The Morgan fingerprint density at radius 2 is 1.71 bits per heavy atom. The van der Waals surface area contributed by atoms with Crippen molar-refractivity contribution in [2.45, 2.75) is 51.9 Å². The molecule has 0 bridgehead atoms. The highest BCUT2D eigenvalue weighted by Gasteiger charge is 2.09. The highest BCUT2D eigenvalue weighted by Crippen LogP contribution is 2.10. The fraction of sp³-hybridized carbons (Fsp3) is 0.611. The maximum atomic E-state index is 11.2. The van der Waals surface area contributed by atoms with E-state index in [9.17, 15) is 4.79 Å². The Balaban J connectivity index is 2.24. The summed E-state index contributed by atoms with van der Waals surface area (Å²) in [5, 5.41) is 9.16. The summed E-state index contributed by atoms with van der Waals surface area (Å²) in [5.41, 5.74) is 1.37. The maximum absolute atomic E-state index is 11.2. The van der Waals surface area contributed by atoms with Crippen molar-refractivity contribution in [3.63, 3.8) is 0 Å². The van der Waals surface area contributed by atoms with E-state index in [1.165, 1.54) is 38.5 Å². The monoisotopic (exact) mass is 291 g/mol. The number of carbonyl (C=O) groups is 1. The van der Waals surface area contributed by atoms with E-state index >= 15 is 0 Å². The van der Waals surface area contributed by atoms with Crippen molar-refractivity contribution in [1.29, 1.82) is 0 Å². The summed E-state index contributed by atoms with van der Waals surface area (Å²) < 4.78 is 0. The van der Waals surface area contributed by atoms with Crippen LogP contribution in [0.1, 0.15) is 61.4 Å². The quantitative estimate of drug-likeness (QED) is 0.621. The second-order valence-corrected chi connectivity index (χ2v) is 5.78. The van der Waals surface area contributed by atoms with E-state index in [0.29, 0.717) is 5.56 Å². The van der Waals surface area contributed by atoms with E-state index in [4.69, 9.17) is 5.11 Å². The summed E-state index contributed by atoms with van der Waals surface area (Å²) in [7, 11) is 2.12. The van der Waals surface area contributed by atoms with Crippen LogP contribution in [0.3, 0.4) is 0 Å². The lowest BCUT2D eigenvalue weighted by atomic mass is 10.0. The van der Waals surface area contributed by atoms with Crippen LogP contribution in [0, 0.1) is 0 Å². The number of likely N-dealkylation sites (N-methyl/N-ethyl adjacent to an activating group) is 1. The lowest BCUT2D eigenvalue weighted by Gasteiger charge is -2.17. The van der Waals surface area contributed by atoms with Gasteiger partial charge in [-0.25, -0.2) is 4.79 Å². The molecule has 0 heterocycles. The first kappa shape index (κ1) is 17.7. The Labute approximate surface area is 129 Å². The van der Waals surface area contributed by atoms with E-state index in [1.54, 1.807) is 12.1 Å². The van der Waals surface area contributed by atoms with Gasteiger partial charge in [-0.2, -0.15) is 0 Å². The van der Waals surface area contributed by atoms with E-state index in [1.807, 2.05) is 12.1 Å². The summed E-state index contributed by atoms with van der Waals surface area (Å²) in [4.78, 5) is 13.5. The summed E-state index contributed by atoms with van der Waals surface area (Å²) in [5.74, 6) is -0.829. The maximum Gasteiger partial charge on any atom is 0.335 e. The third-order valence-corrected chi connectivity index (χ3v) is 3.90. The van der Waals surface area contributed by atoms with Gasteiger partial charge in [0.15, 0.2) is 0 Å². The number of carboxylic acids is 1. The number of hydrogen-bond acceptors (Lipinski definition) is 2. The van der Waals surface area contributed by atoms with E-state index < -0.39 is 5.97 Å². The topological polar surface area (TPSA) is 40.5 Å². The summed E-state index contributed by atoms with van der Waals surface area (Å²) in [6.07, 6.45) is 8.67. The van der Waals surface area contributed by atoms with Gasteiger partial charge in [-0.15, -0.1) is 0 Å². The molecule has 0 saturated carbocycles. The van der Waals surface area contributed by atoms with Gasteiger partial charge in [-0.1, -0.05) is 57.2 Å². The van der Waals surface area contributed by atoms with Crippen LogP contribution in [-0.2, 0) is 6.42 Å². The molecule has 1 N–H and O–H groups in total. The minimum atomic E-state index is -0.829. The molecule has 0 unspecified atom stereocenters. The first-order valence-corrected chi connectivity index (χ1v) is 8.15. The van der Waals surface area contributed by atoms with Gasteiger partial charge < -0.3 is 10.0 Å². The summed E-state index contributed by atoms with van der Waals surface area (Å²) in [6, 6.07) is 7.30. The van der Waals surface area contributed by atoms with Gasteiger partial charge in [0.25, 0.3) is 0 Å². The van der Waals surface area contributed by atoms with Gasteiger partial charge in [0.05, 0.1) is 5.56 Å². The second kappa shape index (κ2) is 10.4. The van der Waals surface area contributed by atoms with Crippen molar-refractivity contribution in [2.24, 2.45) is 0 Å². The largest absolute Gasteiger partial charge is 0.478 e. The van der Waals surface area contributed by atoms with Gasteiger partial charge in [0, 0.05) is 6.54 Å². The molecule has 0 radical (unpaired) electrons. The lowest BCUT2D eigenvalue weighted by Crippen LogP contribution is -2.23.